The molecule has 1 aliphatic heterocycles. The quantitative estimate of drug-likeness (QED) is 0.641. The summed E-state index contributed by atoms with van der Waals surface area (Å²) in [6, 6.07) is 8.35. The van der Waals surface area contributed by atoms with E-state index >= 15 is 0 Å². The lowest BCUT2D eigenvalue weighted by atomic mass is 10.2. The van der Waals surface area contributed by atoms with Gasteiger partial charge in [-0.3, -0.25) is 0 Å². The Morgan fingerprint density at radius 2 is 1.85 bits per heavy atom. The largest absolute Gasteiger partial charge is 0.408 e. The molecule has 0 radical (unpaired) electrons. The van der Waals surface area contributed by atoms with E-state index in [0.717, 1.165) is 23.9 Å². The van der Waals surface area contributed by atoms with E-state index in [2.05, 4.69) is 27.3 Å². The van der Waals surface area contributed by atoms with Gasteiger partial charge >= 0.3 is 5.13 Å². The molecule has 1 aromatic carbocycles. The molecule has 0 spiro atoms. The summed E-state index contributed by atoms with van der Waals surface area (Å²) < 4.78 is 1.97. The molecule has 1 aliphatic rings. The SMILES string of the molecule is C[n+]1ccsc1/N=N/c1ccc(N2CCSCC2)cc1. The van der Waals surface area contributed by atoms with Crippen LogP contribution in [0.3, 0.4) is 0 Å². The average molecular weight is 305 g/mol. The van der Waals surface area contributed by atoms with Crippen LogP contribution in [0, 0.1) is 0 Å². The molecule has 6 heteroatoms. The van der Waals surface area contributed by atoms with Crippen molar-refractivity contribution in [3.05, 3.63) is 35.8 Å². The number of benzene rings is 1. The standard InChI is InChI=1S/C14H17N4S2/c1-17-6-11-20-14(17)16-15-12-2-4-13(5-3-12)18-7-9-19-10-8-18/h2-6,11H,7-10H2,1H3/q+1. The van der Waals surface area contributed by atoms with E-state index in [-0.39, 0.29) is 0 Å². The summed E-state index contributed by atoms with van der Waals surface area (Å²) in [7, 11) is 1.97. The summed E-state index contributed by atoms with van der Waals surface area (Å²) in [5, 5.41) is 11.5. The lowest BCUT2D eigenvalue weighted by Gasteiger charge is -2.28. The molecule has 2 aromatic rings. The molecule has 3 rings (SSSR count). The lowest BCUT2D eigenvalue weighted by Crippen LogP contribution is -2.32. The fraction of sp³-hybridized carbons (Fsp3) is 0.357. The van der Waals surface area contributed by atoms with Gasteiger partial charge in [-0.05, 0) is 40.7 Å². The molecule has 0 aliphatic carbocycles. The summed E-state index contributed by atoms with van der Waals surface area (Å²) in [6.07, 6.45) is 1.98. The highest BCUT2D eigenvalue weighted by Crippen LogP contribution is 2.24. The second kappa shape index (κ2) is 6.37. The maximum atomic E-state index is 4.29. The van der Waals surface area contributed by atoms with E-state index in [4.69, 9.17) is 0 Å². The fourth-order valence-corrected chi connectivity index (χ4v) is 3.66. The number of hydrogen-bond donors (Lipinski definition) is 0. The van der Waals surface area contributed by atoms with E-state index in [1.165, 1.54) is 17.2 Å². The zero-order chi connectivity index (χ0) is 13.8. The van der Waals surface area contributed by atoms with Crippen LogP contribution in [0.25, 0.3) is 0 Å². The zero-order valence-electron chi connectivity index (χ0n) is 11.4. The smallest absolute Gasteiger partial charge is 0.370 e. The first kappa shape index (κ1) is 13.6. The van der Waals surface area contributed by atoms with E-state index in [1.54, 1.807) is 11.3 Å². The van der Waals surface area contributed by atoms with Crippen LogP contribution in [0.1, 0.15) is 0 Å². The second-order valence-electron chi connectivity index (χ2n) is 4.61. The number of nitrogens with zero attached hydrogens (tertiary/aromatic N) is 4. The molecule has 1 saturated heterocycles. The van der Waals surface area contributed by atoms with Gasteiger partial charge in [0.2, 0.25) is 0 Å². The first-order valence-corrected chi connectivity index (χ1v) is 8.64. The van der Waals surface area contributed by atoms with Gasteiger partial charge in [-0.2, -0.15) is 11.8 Å². The summed E-state index contributed by atoms with van der Waals surface area (Å²) in [4.78, 5) is 2.43. The van der Waals surface area contributed by atoms with Crippen LogP contribution in [-0.4, -0.2) is 24.6 Å². The Morgan fingerprint density at radius 1 is 1.10 bits per heavy atom. The summed E-state index contributed by atoms with van der Waals surface area (Å²) in [5.41, 5.74) is 2.18. The number of rotatable bonds is 3. The van der Waals surface area contributed by atoms with E-state index in [9.17, 15) is 0 Å². The summed E-state index contributed by atoms with van der Waals surface area (Å²) in [5.74, 6) is 2.44. The Bertz CT molecular complexity index is 585. The van der Waals surface area contributed by atoms with Crippen LogP contribution in [0.15, 0.2) is 46.1 Å². The van der Waals surface area contributed by atoms with Gasteiger partial charge < -0.3 is 4.90 Å². The van der Waals surface area contributed by atoms with E-state index in [1.807, 2.05) is 47.1 Å². The number of hydrogen-bond acceptors (Lipinski definition) is 5. The van der Waals surface area contributed by atoms with Crippen LogP contribution >= 0.6 is 23.1 Å². The van der Waals surface area contributed by atoms with Crippen LogP contribution in [0.4, 0.5) is 16.5 Å². The molecule has 0 saturated carbocycles. The highest BCUT2D eigenvalue weighted by atomic mass is 32.2. The Balaban J connectivity index is 1.69. The average Bonchev–Trinajstić information content (AvgIpc) is 2.92. The van der Waals surface area contributed by atoms with Crippen molar-refractivity contribution in [2.24, 2.45) is 17.3 Å². The molecule has 4 nitrogen and oxygen atoms in total. The van der Waals surface area contributed by atoms with E-state index in [0.29, 0.717) is 0 Å². The van der Waals surface area contributed by atoms with Crippen molar-refractivity contribution in [2.75, 3.05) is 29.5 Å². The predicted molar refractivity (Wildman–Crippen MR) is 85.7 cm³/mol. The third-order valence-corrected chi connectivity index (χ3v) is 5.02. The molecular formula is C14H17N4S2+. The fourth-order valence-electron chi connectivity index (χ4n) is 2.08. The number of thiazole rings is 1. The topological polar surface area (TPSA) is 31.8 Å². The van der Waals surface area contributed by atoms with Crippen molar-refractivity contribution < 1.29 is 4.57 Å². The summed E-state index contributed by atoms with van der Waals surface area (Å²) in [6.45, 7) is 2.27. The van der Waals surface area contributed by atoms with Crippen LogP contribution in [-0.2, 0) is 7.05 Å². The third-order valence-electron chi connectivity index (χ3n) is 3.24. The Labute approximate surface area is 127 Å². The molecule has 0 unspecified atom stereocenters. The van der Waals surface area contributed by atoms with Crippen molar-refractivity contribution in [1.29, 1.82) is 0 Å². The molecular weight excluding hydrogens is 288 g/mol. The van der Waals surface area contributed by atoms with Gasteiger partial charge in [0.1, 0.15) is 11.9 Å². The molecule has 1 fully saturated rings. The number of anilines is 1. The summed E-state index contributed by atoms with van der Waals surface area (Å²) >= 11 is 3.61. The molecule has 1 aromatic heterocycles. The minimum absolute atomic E-state index is 0.897. The van der Waals surface area contributed by atoms with Crippen molar-refractivity contribution in [2.45, 2.75) is 0 Å². The number of aromatic nitrogens is 1. The first-order chi connectivity index (χ1) is 9.83. The second-order valence-corrected chi connectivity index (χ2v) is 6.71. The number of azo groups is 1. The highest BCUT2D eigenvalue weighted by molar-refractivity contribution is 7.99. The first-order valence-electron chi connectivity index (χ1n) is 6.60. The highest BCUT2D eigenvalue weighted by Gasteiger charge is 2.11. The molecule has 20 heavy (non-hydrogen) atoms. The van der Waals surface area contributed by atoms with Gasteiger partial charge in [-0.15, -0.1) is 0 Å². The van der Waals surface area contributed by atoms with Crippen molar-refractivity contribution in [1.82, 2.24) is 0 Å². The molecule has 2 heterocycles. The van der Waals surface area contributed by atoms with Gasteiger partial charge in [0.25, 0.3) is 0 Å². The normalized spacial score (nSPS) is 15.9. The maximum Gasteiger partial charge on any atom is 0.408 e. The van der Waals surface area contributed by atoms with Gasteiger partial charge in [-0.25, -0.2) is 4.57 Å². The zero-order valence-corrected chi connectivity index (χ0v) is 13.0. The van der Waals surface area contributed by atoms with Crippen molar-refractivity contribution >= 4 is 39.6 Å². The Hall–Kier alpha value is -1.40. The molecule has 0 atom stereocenters. The Kier molecular flexibility index (Phi) is 4.32. The monoisotopic (exact) mass is 305 g/mol. The molecule has 0 N–H and O–H groups in total. The van der Waals surface area contributed by atoms with Crippen molar-refractivity contribution in [3.63, 3.8) is 0 Å². The maximum absolute atomic E-state index is 4.29. The van der Waals surface area contributed by atoms with Gasteiger partial charge in [0.15, 0.2) is 0 Å². The minimum atomic E-state index is 0.897. The van der Waals surface area contributed by atoms with Gasteiger partial charge in [-0.1, -0.05) is 0 Å². The number of aryl methyl sites for hydroxylation is 1. The lowest BCUT2D eigenvalue weighted by molar-refractivity contribution is -0.654. The van der Waals surface area contributed by atoms with Crippen LogP contribution in [0.5, 0.6) is 0 Å². The molecule has 0 bridgehead atoms. The van der Waals surface area contributed by atoms with Crippen LogP contribution < -0.4 is 9.47 Å². The van der Waals surface area contributed by atoms with E-state index < -0.39 is 0 Å². The third kappa shape index (κ3) is 3.19. The predicted octanol–water partition coefficient (Wildman–Crippen LogP) is 3.54. The molecule has 104 valence electrons. The molecule has 0 amide bonds. The number of thioether (sulfide) groups is 1. The van der Waals surface area contributed by atoms with Gasteiger partial charge in [0, 0.05) is 35.7 Å². The van der Waals surface area contributed by atoms with Crippen LogP contribution in [0.2, 0.25) is 0 Å². The Morgan fingerprint density at radius 3 is 2.50 bits per heavy atom. The minimum Gasteiger partial charge on any atom is -0.370 e. The van der Waals surface area contributed by atoms with Crippen molar-refractivity contribution in [3.8, 4) is 0 Å². The van der Waals surface area contributed by atoms with Gasteiger partial charge in [0.05, 0.1) is 12.2 Å².